The highest BCUT2D eigenvalue weighted by atomic mass is 79.9. The standard InChI is InChI=1S/C20H23BrN4O3/c1-24(13-16-5-2-3-6-17(16)21)18(26)14-28-19(27)15-7-11-25(12-8-15)20-22-9-4-10-23-20/h2-6,9-10,15H,7-8,11-14H2,1H3. The molecule has 2 heterocycles. The van der Waals surface area contributed by atoms with Gasteiger partial charge in [0.05, 0.1) is 5.92 Å². The first-order chi connectivity index (χ1) is 13.5. The molecule has 1 aliphatic rings. The maximum absolute atomic E-state index is 12.3. The minimum atomic E-state index is -0.309. The van der Waals surface area contributed by atoms with Gasteiger partial charge in [-0.1, -0.05) is 34.1 Å². The van der Waals surface area contributed by atoms with Crippen molar-refractivity contribution in [3.63, 3.8) is 0 Å². The summed E-state index contributed by atoms with van der Waals surface area (Å²) in [6.07, 6.45) is 4.74. The van der Waals surface area contributed by atoms with Gasteiger partial charge in [0.2, 0.25) is 5.95 Å². The molecule has 0 aliphatic carbocycles. The predicted molar refractivity (Wildman–Crippen MR) is 109 cm³/mol. The van der Waals surface area contributed by atoms with E-state index in [4.69, 9.17) is 4.74 Å². The first kappa shape index (κ1) is 20.3. The second-order valence-corrected chi connectivity index (χ2v) is 7.61. The van der Waals surface area contributed by atoms with E-state index in [-0.39, 0.29) is 24.4 Å². The van der Waals surface area contributed by atoms with Crippen LogP contribution < -0.4 is 4.90 Å². The van der Waals surface area contributed by atoms with Gasteiger partial charge in [-0.05, 0) is 30.5 Å². The van der Waals surface area contributed by atoms with Crippen LogP contribution in [0.4, 0.5) is 5.95 Å². The highest BCUT2D eigenvalue weighted by Gasteiger charge is 2.28. The van der Waals surface area contributed by atoms with Crippen molar-refractivity contribution in [1.29, 1.82) is 0 Å². The smallest absolute Gasteiger partial charge is 0.309 e. The topological polar surface area (TPSA) is 75.6 Å². The zero-order chi connectivity index (χ0) is 19.9. The van der Waals surface area contributed by atoms with Gasteiger partial charge in [0.15, 0.2) is 6.61 Å². The molecule has 148 valence electrons. The number of halogens is 1. The van der Waals surface area contributed by atoms with Crippen molar-refractivity contribution in [2.24, 2.45) is 5.92 Å². The average Bonchev–Trinajstić information content (AvgIpc) is 2.74. The van der Waals surface area contributed by atoms with Crippen molar-refractivity contribution in [2.75, 3.05) is 31.6 Å². The van der Waals surface area contributed by atoms with E-state index in [0.717, 1.165) is 10.0 Å². The lowest BCUT2D eigenvalue weighted by molar-refractivity contribution is -0.155. The molecule has 7 nitrogen and oxygen atoms in total. The molecule has 0 radical (unpaired) electrons. The van der Waals surface area contributed by atoms with Gasteiger partial charge in [-0.25, -0.2) is 9.97 Å². The van der Waals surface area contributed by atoms with Crippen molar-refractivity contribution in [3.05, 3.63) is 52.8 Å². The van der Waals surface area contributed by atoms with Gasteiger partial charge in [-0.15, -0.1) is 0 Å². The summed E-state index contributed by atoms with van der Waals surface area (Å²) >= 11 is 3.47. The molecule has 2 aromatic rings. The molecule has 0 unspecified atom stereocenters. The summed E-state index contributed by atoms with van der Waals surface area (Å²) in [5, 5.41) is 0. The van der Waals surface area contributed by atoms with E-state index in [2.05, 4.69) is 30.8 Å². The lowest BCUT2D eigenvalue weighted by Crippen LogP contribution is -2.39. The zero-order valence-corrected chi connectivity index (χ0v) is 17.3. The van der Waals surface area contributed by atoms with Crippen molar-refractivity contribution < 1.29 is 14.3 Å². The molecule has 0 saturated carbocycles. The first-order valence-corrected chi connectivity index (χ1v) is 10.00. The van der Waals surface area contributed by atoms with Gasteiger partial charge < -0.3 is 14.5 Å². The van der Waals surface area contributed by atoms with Crippen molar-refractivity contribution in [1.82, 2.24) is 14.9 Å². The normalized spacial score (nSPS) is 14.6. The molecule has 0 N–H and O–H groups in total. The van der Waals surface area contributed by atoms with Gasteiger partial charge >= 0.3 is 5.97 Å². The summed E-state index contributed by atoms with van der Waals surface area (Å²) < 4.78 is 6.23. The molecule has 1 aromatic heterocycles. The minimum Gasteiger partial charge on any atom is -0.455 e. The second kappa shape index (κ2) is 9.64. The quantitative estimate of drug-likeness (QED) is 0.634. The Morgan fingerprint density at radius 3 is 2.54 bits per heavy atom. The first-order valence-electron chi connectivity index (χ1n) is 9.20. The number of carbonyl (C=O) groups is 2. The third-order valence-electron chi connectivity index (χ3n) is 4.79. The van der Waals surface area contributed by atoms with E-state index in [1.807, 2.05) is 24.3 Å². The zero-order valence-electron chi connectivity index (χ0n) is 15.8. The number of anilines is 1. The second-order valence-electron chi connectivity index (χ2n) is 6.76. The number of nitrogens with zero attached hydrogens (tertiary/aromatic N) is 4. The monoisotopic (exact) mass is 446 g/mol. The number of piperidine rings is 1. The molecule has 8 heteroatoms. The molecule has 0 bridgehead atoms. The molecule has 3 rings (SSSR count). The maximum atomic E-state index is 12.3. The molecule has 1 fully saturated rings. The fourth-order valence-electron chi connectivity index (χ4n) is 3.10. The summed E-state index contributed by atoms with van der Waals surface area (Å²) in [5.41, 5.74) is 1.00. The number of aromatic nitrogens is 2. The summed E-state index contributed by atoms with van der Waals surface area (Å²) in [4.78, 5) is 36.7. The van der Waals surface area contributed by atoms with Crippen LogP contribution in [0.3, 0.4) is 0 Å². The lowest BCUT2D eigenvalue weighted by Gasteiger charge is -2.30. The van der Waals surface area contributed by atoms with Gasteiger partial charge in [0.1, 0.15) is 0 Å². The van der Waals surface area contributed by atoms with Crippen LogP contribution in [0.1, 0.15) is 18.4 Å². The van der Waals surface area contributed by atoms with Crippen LogP contribution in [0.25, 0.3) is 0 Å². The Morgan fingerprint density at radius 2 is 1.86 bits per heavy atom. The molecule has 1 aromatic carbocycles. The highest BCUT2D eigenvalue weighted by Crippen LogP contribution is 2.21. The molecular formula is C20H23BrN4O3. The Morgan fingerprint density at radius 1 is 1.18 bits per heavy atom. The fraction of sp³-hybridized carbons (Fsp3) is 0.400. The van der Waals surface area contributed by atoms with Crippen LogP contribution in [-0.2, 0) is 20.9 Å². The highest BCUT2D eigenvalue weighted by molar-refractivity contribution is 9.10. The molecule has 0 spiro atoms. The molecule has 1 aliphatic heterocycles. The Bertz CT molecular complexity index is 810. The Hall–Kier alpha value is -2.48. The number of ether oxygens (including phenoxy) is 1. The number of hydrogen-bond donors (Lipinski definition) is 0. The summed E-state index contributed by atoms with van der Waals surface area (Å²) in [5.74, 6) is -0.0463. The molecule has 1 amide bonds. The van der Waals surface area contributed by atoms with E-state index >= 15 is 0 Å². The third-order valence-corrected chi connectivity index (χ3v) is 5.57. The Labute approximate surface area is 172 Å². The van der Waals surface area contributed by atoms with Gasteiger partial charge in [-0.3, -0.25) is 9.59 Å². The third kappa shape index (κ3) is 5.28. The minimum absolute atomic E-state index is 0.193. The Kier molecular flexibility index (Phi) is 6.97. The predicted octanol–water partition coefficient (Wildman–Crippen LogP) is 2.66. The van der Waals surface area contributed by atoms with Gasteiger partial charge in [0.25, 0.3) is 5.91 Å². The lowest BCUT2D eigenvalue weighted by atomic mass is 9.97. The van der Waals surface area contributed by atoms with E-state index in [9.17, 15) is 9.59 Å². The van der Waals surface area contributed by atoms with Crippen LogP contribution in [0.15, 0.2) is 47.2 Å². The van der Waals surface area contributed by atoms with Crippen LogP contribution in [0.2, 0.25) is 0 Å². The van der Waals surface area contributed by atoms with Crippen LogP contribution in [0, 0.1) is 5.92 Å². The summed E-state index contributed by atoms with van der Waals surface area (Å²) in [6.45, 7) is 1.61. The molecule has 1 saturated heterocycles. The summed E-state index contributed by atoms with van der Waals surface area (Å²) in [6, 6.07) is 9.50. The number of hydrogen-bond acceptors (Lipinski definition) is 6. The van der Waals surface area contributed by atoms with Crippen LogP contribution >= 0.6 is 15.9 Å². The fourth-order valence-corrected chi connectivity index (χ4v) is 3.51. The van der Waals surface area contributed by atoms with E-state index in [1.165, 1.54) is 0 Å². The largest absolute Gasteiger partial charge is 0.455 e. The molecule has 28 heavy (non-hydrogen) atoms. The van der Waals surface area contributed by atoms with E-state index in [0.29, 0.717) is 38.4 Å². The average molecular weight is 447 g/mol. The van der Waals surface area contributed by atoms with E-state index in [1.54, 1.807) is 30.4 Å². The molecule has 0 atom stereocenters. The van der Waals surface area contributed by atoms with Crippen molar-refractivity contribution in [3.8, 4) is 0 Å². The number of rotatable bonds is 6. The van der Waals surface area contributed by atoms with Crippen LogP contribution in [-0.4, -0.2) is 53.5 Å². The van der Waals surface area contributed by atoms with Gasteiger partial charge in [0, 0.05) is 43.5 Å². The van der Waals surface area contributed by atoms with Crippen LogP contribution in [0.5, 0.6) is 0 Å². The van der Waals surface area contributed by atoms with Crippen molar-refractivity contribution in [2.45, 2.75) is 19.4 Å². The molecular weight excluding hydrogens is 424 g/mol. The number of likely N-dealkylation sites (N-methyl/N-ethyl adjacent to an activating group) is 1. The summed E-state index contributed by atoms with van der Waals surface area (Å²) in [7, 11) is 1.70. The Balaban J connectivity index is 1.43. The van der Waals surface area contributed by atoms with Gasteiger partial charge in [-0.2, -0.15) is 0 Å². The number of benzene rings is 1. The van der Waals surface area contributed by atoms with Crippen molar-refractivity contribution >= 4 is 33.8 Å². The maximum Gasteiger partial charge on any atom is 0.309 e. The SMILES string of the molecule is CN(Cc1ccccc1Br)C(=O)COC(=O)C1CCN(c2ncccn2)CC1. The number of amides is 1. The number of esters is 1. The number of carbonyl (C=O) groups excluding carboxylic acids is 2. The van der Waals surface area contributed by atoms with E-state index < -0.39 is 0 Å².